The zero-order chi connectivity index (χ0) is 12.8. The molecule has 6 saturated carbocycles. The van der Waals surface area contributed by atoms with E-state index in [0.29, 0.717) is 26.2 Å². The topological polar surface area (TPSA) is 26.3 Å². The van der Waals surface area contributed by atoms with E-state index in [1.165, 1.54) is 17.9 Å². The van der Waals surface area contributed by atoms with Gasteiger partial charge in [-0.1, -0.05) is 15.9 Å². The third kappa shape index (κ3) is 0.757. The first-order valence-corrected chi connectivity index (χ1v) is 10.0. The molecule has 0 aromatic carbocycles. The van der Waals surface area contributed by atoms with Crippen molar-refractivity contribution in [3.63, 3.8) is 0 Å². The molecule has 7 aliphatic rings. The summed E-state index contributed by atoms with van der Waals surface area (Å²) >= 11 is 8.66. The summed E-state index contributed by atoms with van der Waals surface area (Å²) in [6.07, 6.45) is 1.35. The number of rotatable bonds is 1. The Morgan fingerprint density at radius 2 is 1.79 bits per heavy atom. The number of esters is 1. The van der Waals surface area contributed by atoms with Crippen molar-refractivity contribution in [1.82, 2.24) is 0 Å². The van der Waals surface area contributed by atoms with Crippen molar-refractivity contribution in [2.45, 2.75) is 27.3 Å². The van der Waals surface area contributed by atoms with Gasteiger partial charge >= 0.3 is 5.97 Å². The van der Waals surface area contributed by atoms with Crippen LogP contribution in [-0.2, 0) is 9.53 Å². The van der Waals surface area contributed by atoms with Gasteiger partial charge in [-0.3, -0.25) is 4.79 Å². The number of hydrogen-bond donors (Lipinski definition) is 0. The Morgan fingerprint density at radius 3 is 2.37 bits per heavy atom. The summed E-state index contributed by atoms with van der Waals surface area (Å²) in [7, 11) is 0. The van der Waals surface area contributed by atoms with Crippen LogP contribution in [0.25, 0.3) is 0 Å². The van der Waals surface area contributed by atoms with Gasteiger partial charge in [-0.2, -0.15) is 0 Å². The summed E-state index contributed by atoms with van der Waals surface area (Å²) in [5.74, 6) is 7.15. The van der Waals surface area contributed by atoms with E-state index in [4.69, 9.17) is 4.74 Å². The minimum absolute atomic E-state index is 0.0264. The van der Waals surface area contributed by atoms with Crippen molar-refractivity contribution < 1.29 is 9.53 Å². The maximum atomic E-state index is 11.4. The van der Waals surface area contributed by atoms with Crippen LogP contribution in [0.3, 0.4) is 0 Å². The number of alkyl halides is 1. The summed E-state index contributed by atoms with van der Waals surface area (Å²) in [5.41, 5.74) is 0.0264. The average Bonchev–Trinajstić information content (AvgIpc) is 2.82. The second-order valence-corrected chi connectivity index (χ2v) is 11.5. The molecule has 4 atom stereocenters. The predicted molar refractivity (Wildman–Crippen MR) is 79.4 cm³/mol. The van der Waals surface area contributed by atoms with Crippen LogP contribution in [0, 0.1) is 35.5 Å². The van der Waals surface area contributed by atoms with Crippen LogP contribution in [0.4, 0.5) is 0 Å². The lowest BCUT2D eigenvalue weighted by Crippen LogP contribution is -3.06. The first kappa shape index (κ1) is 11.2. The number of ether oxygens (including phenoxy) is 1. The van der Waals surface area contributed by atoms with E-state index in [9.17, 15) is 4.79 Å². The van der Waals surface area contributed by atoms with Gasteiger partial charge in [-0.15, -0.1) is 23.5 Å². The second-order valence-electron chi connectivity index (χ2n) is 7.16. The molecule has 1 aliphatic heterocycles. The molecule has 0 aromatic heterocycles. The van der Waals surface area contributed by atoms with Crippen LogP contribution in [0.1, 0.15) is 13.3 Å². The molecule has 2 nitrogen and oxygen atoms in total. The lowest BCUT2D eigenvalue weighted by molar-refractivity contribution is -0.516. The highest BCUT2D eigenvalue weighted by atomic mass is 79.9. The van der Waals surface area contributed by atoms with Gasteiger partial charge in [-0.05, 0) is 24.2 Å². The Balaban J connectivity index is 1.44. The largest absolute Gasteiger partial charge is 0.458 e. The third-order valence-corrected chi connectivity index (χ3v) is 13.1. The van der Waals surface area contributed by atoms with Gasteiger partial charge in [0.05, 0.1) is 8.40 Å². The van der Waals surface area contributed by atoms with Gasteiger partial charge in [0.1, 0.15) is 5.60 Å². The van der Waals surface area contributed by atoms with Crippen LogP contribution < -0.4 is 0 Å². The molecule has 2 bridgehead atoms. The molecule has 1 saturated heterocycles. The van der Waals surface area contributed by atoms with E-state index >= 15 is 0 Å². The smallest absolute Gasteiger partial charge is 0.303 e. The lowest BCUT2D eigenvalue weighted by atomic mass is 9.09. The lowest BCUT2D eigenvalue weighted by Gasteiger charge is -3.00. The molecule has 19 heavy (non-hydrogen) atoms. The molecular formula is C14H15BrO2S2. The van der Waals surface area contributed by atoms with Crippen LogP contribution >= 0.6 is 39.5 Å². The molecule has 5 heteroatoms. The zero-order valence-electron chi connectivity index (χ0n) is 10.6. The molecule has 1 spiro atoms. The van der Waals surface area contributed by atoms with Gasteiger partial charge < -0.3 is 4.74 Å². The summed E-state index contributed by atoms with van der Waals surface area (Å²) < 4.78 is 6.65. The highest BCUT2D eigenvalue weighted by molar-refractivity contribution is 9.10. The number of hydrogen-bond acceptors (Lipinski definition) is 4. The van der Waals surface area contributed by atoms with E-state index < -0.39 is 0 Å². The highest BCUT2D eigenvalue weighted by Crippen LogP contribution is 2.99. The van der Waals surface area contributed by atoms with Crippen molar-refractivity contribution >= 4 is 45.4 Å². The van der Waals surface area contributed by atoms with Crippen LogP contribution in [0.2, 0.25) is 0 Å². The summed E-state index contributed by atoms with van der Waals surface area (Å²) in [6.45, 7) is 1.58. The number of halogens is 1. The fourth-order valence-corrected chi connectivity index (χ4v) is 12.9. The molecule has 0 aromatic rings. The van der Waals surface area contributed by atoms with E-state index in [1.54, 1.807) is 6.92 Å². The van der Waals surface area contributed by atoms with Crippen molar-refractivity contribution in [2.24, 2.45) is 35.5 Å². The highest BCUT2D eigenvalue weighted by Gasteiger charge is 3.04. The first-order chi connectivity index (χ1) is 9.08. The Morgan fingerprint density at radius 1 is 1.16 bits per heavy atom. The SMILES string of the molecule is CC(=O)OC12C3C4CC5(SCCS5)C5(Br)C3C1C5C42. The molecule has 0 radical (unpaired) electrons. The molecule has 7 rings (SSSR count). The van der Waals surface area contributed by atoms with Gasteiger partial charge in [0, 0.05) is 36.2 Å². The van der Waals surface area contributed by atoms with E-state index in [0.717, 1.165) is 17.8 Å². The fraction of sp³-hybridized carbons (Fsp3) is 0.929. The molecule has 102 valence electrons. The molecule has 6 aliphatic carbocycles. The molecule has 7 fully saturated rings. The quantitative estimate of drug-likeness (QED) is 0.531. The molecule has 1 heterocycles. The summed E-state index contributed by atoms with van der Waals surface area (Å²) in [5, 5.41) is 0. The predicted octanol–water partition coefficient (Wildman–Crippen LogP) is 2.75. The van der Waals surface area contributed by atoms with Crippen LogP contribution in [0.5, 0.6) is 0 Å². The van der Waals surface area contributed by atoms with Crippen molar-refractivity contribution in [3.8, 4) is 0 Å². The normalized spacial score (nSPS) is 67.5. The Hall–Kier alpha value is 0.650. The zero-order valence-corrected chi connectivity index (χ0v) is 13.8. The number of thioether (sulfide) groups is 2. The molecule has 0 amide bonds. The molecule has 0 N–H and O–H groups in total. The number of carbonyl (C=O) groups excluding carboxylic acids is 1. The van der Waals surface area contributed by atoms with Gasteiger partial charge in [0.15, 0.2) is 0 Å². The summed E-state index contributed by atoms with van der Waals surface area (Å²) in [4.78, 5) is 11.4. The Kier molecular flexibility index (Phi) is 1.65. The third-order valence-electron chi connectivity index (χ3n) is 7.17. The number of carbonyl (C=O) groups is 1. The summed E-state index contributed by atoms with van der Waals surface area (Å²) in [6, 6.07) is 0. The van der Waals surface area contributed by atoms with E-state index in [2.05, 4.69) is 39.5 Å². The average molecular weight is 359 g/mol. The van der Waals surface area contributed by atoms with Gasteiger partial charge in [-0.25, -0.2) is 0 Å². The van der Waals surface area contributed by atoms with Gasteiger partial charge in [0.25, 0.3) is 0 Å². The molecule has 4 unspecified atom stereocenters. The van der Waals surface area contributed by atoms with Crippen LogP contribution in [0.15, 0.2) is 0 Å². The minimum Gasteiger partial charge on any atom is -0.458 e. The van der Waals surface area contributed by atoms with E-state index in [-0.39, 0.29) is 11.6 Å². The monoisotopic (exact) mass is 358 g/mol. The maximum absolute atomic E-state index is 11.4. The Labute approximate surface area is 129 Å². The Bertz CT molecular complexity index is 524. The molecular weight excluding hydrogens is 344 g/mol. The van der Waals surface area contributed by atoms with Crippen molar-refractivity contribution in [1.29, 1.82) is 0 Å². The fourth-order valence-electron chi connectivity index (χ4n) is 7.15. The maximum Gasteiger partial charge on any atom is 0.303 e. The van der Waals surface area contributed by atoms with E-state index in [1.807, 2.05) is 0 Å². The standard InChI is InChI=1S/C14H15BrO2S2/c1-5(16)17-13-7-6-4-12(18-2-3-19-12)14(15)10(7)9(13)11(14)8(6)13/h6-11H,2-4H2,1H3. The van der Waals surface area contributed by atoms with Gasteiger partial charge in [0.2, 0.25) is 0 Å². The van der Waals surface area contributed by atoms with Crippen molar-refractivity contribution in [2.75, 3.05) is 11.5 Å². The van der Waals surface area contributed by atoms with Crippen LogP contribution in [-0.4, -0.2) is 31.5 Å². The first-order valence-electron chi connectivity index (χ1n) is 7.24. The minimum atomic E-state index is -0.0580. The van der Waals surface area contributed by atoms with Crippen molar-refractivity contribution in [3.05, 3.63) is 0 Å². The second kappa shape index (κ2) is 2.79.